The van der Waals surface area contributed by atoms with Crippen molar-refractivity contribution < 1.29 is 9.13 Å². The maximum absolute atomic E-state index is 12.5. The van der Waals surface area contributed by atoms with Crippen molar-refractivity contribution in [3.63, 3.8) is 0 Å². The molecule has 0 rings (SSSR count). The Hall–Kier alpha value is -0.670. The third kappa shape index (κ3) is 3.30. The van der Waals surface area contributed by atoms with Gasteiger partial charge < -0.3 is 10.1 Å². The summed E-state index contributed by atoms with van der Waals surface area (Å²) in [4.78, 5) is 0. The fraction of sp³-hybridized carbons (Fsp3) is 0.500. The van der Waals surface area contributed by atoms with E-state index in [0.29, 0.717) is 12.1 Å². The monoisotopic (exact) mass is 159 g/mol. The number of rotatable bonds is 5. The van der Waals surface area contributed by atoms with Crippen molar-refractivity contribution in [3.05, 3.63) is 24.6 Å². The van der Waals surface area contributed by atoms with E-state index >= 15 is 0 Å². The summed E-state index contributed by atoms with van der Waals surface area (Å²) in [7, 11) is 3.27. The van der Waals surface area contributed by atoms with E-state index in [-0.39, 0.29) is 6.10 Å². The molecular formula is C8H14FNO. The molecule has 0 aromatic heterocycles. The lowest BCUT2D eigenvalue weighted by Crippen LogP contribution is -2.27. The van der Waals surface area contributed by atoms with E-state index in [1.807, 2.05) is 0 Å². The van der Waals surface area contributed by atoms with Crippen LogP contribution in [0.1, 0.15) is 0 Å². The quantitative estimate of drug-likeness (QED) is 0.610. The molecule has 0 heterocycles. The number of ether oxygens (including phenoxy) is 1. The van der Waals surface area contributed by atoms with Gasteiger partial charge >= 0.3 is 0 Å². The largest absolute Gasteiger partial charge is 0.375 e. The highest BCUT2D eigenvalue weighted by Gasteiger charge is 2.12. The van der Waals surface area contributed by atoms with E-state index in [4.69, 9.17) is 4.74 Å². The van der Waals surface area contributed by atoms with Gasteiger partial charge in [-0.2, -0.15) is 0 Å². The first-order valence-electron chi connectivity index (χ1n) is 3.34. The van der Waals surface area contributed by atoms with Gasteiger partial charge in [0.05, 0.1) is 6.10 Å². The van der Waals surface area contributed by atoms with E-state index in [9.17, 15) is 4.39 Å². The molecule has 64 valence electrons. The molecule has 0 fully saturated rings. The number of hydrogen-bond acceptors (Lipinski definition) is 2. The first-order valence-corrected chi connectivity index (χ1v) is 3.34. The van der Waals surface area contributed by atoms with Gasteiger partial charge in [-0.15, -0.1) is 0 Å². The second kappa shape index (κ2) is 5.04. The minimum absolute atomic E-state index is 0.293. The summed E-state index contributed by atoms with van der Waals surface area (Å²) in [6, 6.07) is 0. The first-order chi connectivity index (χ1) is 5.13. The van der Waals surface area contributed by atoms with E-state index in [2.05, 4.69) is 18.5 Å². The number of nitrogens with one attached hydrogen (secondary N) is 1. The summed E-state index contributed by atoms with van der Waals surface area (Å²) >= 11 is 0. The van der Waals surface area contributed by atoms with Crippen LogP contribution in [-0.2, 0) is 4.74 Å². The Kier molecular flexibility index (Phi) is 4.74. The second-order valence-electron chi connectivity index (χ2n) is 2.21. The number of methoxy groups -OCH3 is 1. The molecule has 0 saturated carbocycles. The average Bonchev–Trinajstić information content (AvgIpc) is 1.98. The van der Waals surface area contributed by atoms with Crippen LogP contribution in [0.15, 0.2) is 24.6 Å². The lowest BCUT2D eigenvalue weighted by atomic mass is 10.1. The van der Waals surface area contributed by atoms with Crippen LogP contribution in [0.3, 0.4) is 0 Å². The Balaban J connectivity index is 4.02. The van der Waals surface area contributed by atoms with Gasteiger partial charge in [-0.05, 0) is 7.05 Å². The smallest absolute Gasteiger partial charge is 0.121 e. The van der Waals surface area contributed by atoms with Crippen molar-refractivity contribution in [1.29, 1.82) is 0 Å². The molecule has 0 aliphatic heterocycles. The zero-order valence-electron chi connectivity index (χ0n) is 6.98. The Morgan fingerprint density at radius 3 is 2.45 bits per heavy atom. The van der Waals surface area contributed by atoms with Crippen molar-refractivity contribution in [2.24, 2.45) is 0 Å². The Labute approximate surface area is 66.7 Å². The Morgan fingerprint density at radius 1 is 1.64 bits per heavy atom. The fourth-order valence-corrected chi connectivity index (χ4v) is 0.709. The SMILES string of the molecule is C=C(F)C(=C)C(CNC)OC. The van der Waals surface area contributed by atoms with Crippen molar-refractivity contribution in [2.45, 2.75) is 6.10 Å². The molecule has 1 N–H and O–H groups in total. The predicted molar refractivity (Wildman–Crippen MR) is 44.1 cm³/mol. The van der Waals surface area contributed by atoms with Crippen LogP contribution in [0.25, 0.3) is 0 Å². The summed E-state index contributed by atoms with van der Waals surface area (Å²) in [5, 5.41) is 2.86. The predicted octanol–water partition coefficient (Wildman–Crippen LogP) is 1.26. The van der Waals surface area contributed by atoms with Gasteiger partial charge in [0, 0.05) is 19.2 Å². The maximum atomic E-state index is 12.5. The summed E-state index contributed by atoms with van der Waals surface area (Å²) in [5.74, 6) is -0.521. The highest BCUT2D eigenvalue weighted by Crippen LogP contribution is 2.12. The number of hydrogen-bond donors (Lipinski definition) is 1. The van der Waals surface area contributed by atoms with Gasteiger partial charge in [-0.25, -0.2) is 4.39 Å². The van der Waals surface area contributed by atoms with Crippen LogP contribution in [0.2, 0.25) is 0 Å². The zero-order valence-corrected chi connectivity index (χ0v) is 6.98. The van der Waals surface area contributed by atoms with E-state index in [1.165, 1.54) is 7.11 Å². The summed E-state index contributed by atoms with van der Waals surface area (Å²) in [6.07, 6.45) is -0.322. The Morgan fingerprint density at radius 2 is 2.18 bits per heavy atom. The second-order valence-corrected chi connectivity index (χ2v) is 2.21. The molecule has 0 radical (unpaired) electrons. The molecule has 0 aromatic carbocycles. The highest BCUT2D eigenvalue weighted by atomic mass is 19.1. The van der Waals surface area contributed by atoms with Gasteiger partial charge in [0.2, 0.25) is 0 Å². The minimum Gasteiger partial charge on any atom is -0.375 e. The molecule has 0 saturated heterocycles. The third-order valence-corrected chi connectivity index (χ3v) is 1.41. The average molecular weight is 159 g/mol. The zero-order chi connectivity index (χ0) is 8.85. The van der Waals surface area contributed by atoms with Crippen LogP contribution in [0.5, 0.6) is 0 Å². The molecule has 0 bridgehead atoms. The molecule has 1 unspecified atom stereocenters. The molecule has 0 amide bonds. The van der Waals surface area contributed by atoms with E-state index in [1.54, 1.807) is 7.05 Å². The van der Waals surface area contributed by atoms with Crippen molar-refractivity contribution in [3.8, 4) is 0 Å². The number of likely N-dealkylation sites (N-methyl/N-ethyl adjacent to an activating group) is 1. The molecule has 11 heavy (non-hydrogen) atoms. The van der Waals surface area contributed by atoms with Crippen LogP contribution < -0.4 is 5.32 Å². The van der Waals surface area contributed by atoms with Gasteiger partial charge in [-0.1, -0.05) is 13.2 Å². The lowest BCUT2D eigenvalue weighted by Gasteiger charge is -2.15. The molecule has 0 aliphatic rings. The molecule has 3 heteroatoms. The molecular weight excluding hydrogens is 145 g/mol. The van der Waals surface area contributed by atoms with Gasteiger partial charge in [0.15, 0.2) is 0 Å². The molecule has 0 aliphatic carbocycles. The Bertz CT molecular complexity index is 156. The maximum Gasteiger partial charge on any atom is 0.121 e. The summed E-state index contributed by atoms with van der Waals surface area (Å²) < 4.78 is 17.4. The summed E-state index contributed by atoms with van der Waals surface area (Å²) in [6.45, 7) is 7.18. The normalized spacial score (nSPS) is 12.6. The van der Waals surface area contributed by atoms with Crippen molar-refractivity contribution in [1.82, 2.24) is 5.32 Å². The standard InChI is InChI=1S/C8H14FNO/c1-6(7(2)9)8(11-4)5-10-3/h8,10H,1-2,5H2,3-4H3. The molecule has 0 aromatic rings. The molecule has 0 spiro atoms. The van der Waals surface area contributed by atoms with Crippen molar-refractivity contribution in [2.75, 3.05) is 20.7 Å². The lowest BCUT2D eigenvalue weighted by molar-refractivity contribution is 0.132. The van der Waals surface area contributed by atoms with Crippen LogP contribution in [0, 0.1) is 0 Å². The van der Waals surface area contributed by atoms with Gasteiger partial charge in [0.1, 0.15) is 5.83 Å². The minimum atomic E-state index is -0.521. The van der Waals surface area contributed by atoms with Gasteiger partial charge in [-0.3, -0.25) is 0 Å². The number of halogens is 1. The van der Waals surface area contributed by atoms with E-state index < -0.39 is 5.83 Å². The van der Waals surface area contributed by atoms with E-state index in [0.717, 1.165) is 0 Å². The van der Waals surface area contributed by atoms with Crippen LogP contribution in [-0.4, -0.2) is 26.8 Å². The van der Waals surface area contributed by atoms with Crippen LogP contribution >= 0.6 is 0 Å². The molecule has 2 nitrogen and oxygen atoms in total. The highest BCUT2D eigenvalue weighted by molar-refractivity contribution is 5.23. The fourth-order valence-electron chi connectivity index (χ4n) is 0.709. The third-order valence-electron chi connectivity index (χ3n) is 1.41. The summed E-state index contributed by atoms with van der Waals surface area (Å²) in [5.41, 5.74) is 0.293. The van der Waals surface area contributed by atoms with Gasteiger partial charge in [0.25, 0.3) is 0 Å². The van der Waals surface area contributed by atoms with Crippen LogP contribution in [0.4, 0.5) is 4.39 Å². The molecule has 1 atom stereocenters. The van der Waals surface area contributed by atoms with Crippen molar-refractivity contribution >= 4 is 0 Å². The first kappa shape index (κ1) is 10.3. The topological polar surface area (TPSA) is 21.3 Å².